The molecular weight excluding hydrogens is 176 g/mol. The highest BCUT2D eigenvalue weighted by atomic mass is 16.2. The van der Waals surface area contributed by atoms with Crippen molar-refractivity contribution in [2.45, 2.75) is 51.1 Å². The zero-order valence-corrected chi connectivity index (χ0v) is 9.39. The van der Waals surface area contributed by atoms with E-state index in [4.69, 9.17) is 0 Å². The average Bonchev–Trinajstić information content (AvgIpc) is 2.52. The van der Waals surface area contributed by atoms with E-state index in [-0.39, 0.29) is 11.1 Å². The summed E-state index contributed by atoms with van der Waals surface area (Å²) in [6.07, 6.45) is 3.24. The van der Waals surface area contributed by atoms with Crippen LogP contribution in [0.25, 0.3) is 0 Å². The number of hydrogen-bond donors (Lipinski definition) is 1. The van der Waals surface area contributed by atoms with Gasteiger partial charge in [-0.1, -0.05) is 0 Å². The Morgan fingerprint density at radius 1 is 1.29 bits per heavy atom. The number of carbonyl (C=O) groups excluding carboxylic acids is 1. The van der Waals surface area contributed by atoms with Crippen LogP contribution in [0.15, 0.2) is 0 Å². The third-order valence-electron chi connectivity index (χ3n) is 3.76. The largest absolute Gasteiger partial charge is 0.336 e. The van der Waals surface area contributed by atoms with Gasteiger partial charge < -0.3 is 10.2 Å². The smallest absolute Gasteiger partial charge is 0.243 e. The standard InChI is InChI=1S/C11H20N2O/c1-10(2)6-8-13(10)9(14)11(3)5-4-7-12-11/h12H,4-8H2,1-3H3. The molecule has 1 atom stereocenters. The summed E-state index contributed by atoms with van der Waals surface area (Å²) in [5.74, 6) is 0.297. The minimum atomic E-state index is -0.280. The van der Waals surface area contributed by atoms with Crippen LogP contribution in [0.4, 0.5) is 0 Å². The van der Waals surface area contributed by atoms with E-state index in [2.05, 4.69) is 19.2 Å². The Morgan fingerprint density at radius 2 is 2.00 bits per heavy atom. The first-order chi connectivity index (χ1) is 6.46. The molecule has 0 radical (unpaired) electrons. The molecule has 0 spiro atoms. The van der Waals surface area contributed by atoms with Crippen LogP contribution in [0.2, 0.25) is 0 Å². The summed E-state index contributed by atoms with van der Waals surface area (Å²) in [6, 6.07) is 0. The van der Waals surface area contributed by atoms with Gasteiger partial charge in [-0.25, -0.2) is 0 Å². The van der Waals surface area contributed by atoms with E-state index in [9.17, 15) is 4.79 Å². The highest BCUT2D eigenvalue weighted by Crippen LogP contribution is 2.33. The van der Waals surface area contributed by atoms with Gasteiger partial charge in [0.05, 0.1) is 5.54 Å². The molecule has 3 heteroatoms. The first-order valence-corrected chi connectivity index (χ1v) is 5.53. The molecule has 2 aliphatic rings. The second-order valence-electron chi connectivity index (χ2n) is 5.38. The van der Waals surface area contributed by atoms with Gasteiger partial charge in [0.2, 0.25) is 5.91 Å². The van der Waals surface area contributed by atoms with E-state index in [0.717, 1.165) is 32.4 Å². The maximum Gasteiger partial charge on any atom is 0.243 e. The quantitative estimate of drug-likeness (QED) is 0.682. The number of likely N-dealkylation sites (tertiary alicyclic amines) is 1. The maximum atomic E-state index is 12.2. The number of nitrogens with one attached hydrogen (secondary N) is 1. The summed E-state index contributed by atoms with van der Waals surface area (Å²) in [6.45, 7) is 8.25. The van der Waals surface area contributed by atoms with E-state index in [0.29, 0.717) is 5.91 Å². The third kappa shape index (κ3) is 1.34. The molecule has 3 nitrogen and oxygen atoms in total. The second-order valence-corrected chi connectivity index (χ2v) is 5.38. The van der Waals surface area contributed by atoms with Crippen LogP contribution >= 0.6 is 0 Å². The van der Waals surface area contributed by atoms with Gasteiger partial charge in [-0.2, -0.15) is 0 Å². The Balaban J connectivity index is 2.08. The van der Waals surface area contributed by atoms with Gasteiger partial charge >= 0.3 is 0 Å². The van der Waals surface area contributed by atoms with Gasteiger partial charge in [0, 0.05) is 12.1 Å². The molecule has 2 heterocycles. The maximum absolute atomic E-state index is 12.2. The number of amides is 1. The molecule has 0 bridgehead atoms. The Bertz CT molecular complexity index is 254. The van der Waals surface area contributed by atoms with Crippen molar-refractivity contribution in [3.8, 4) is 0 Å². The molecule has 0 aliphatic carbocycles. The van der Waals surface area contributed by atoms with Crippen molar-refractivity contribution < 1.29 is 4.79 Å². The monoisotopic (exact) mass is 196 g/mol. The highest BCUT2D eigenvalue weighted by molar-refractivity contribution is 5.87. The highest BCUT2D eigenvalue weighted by Gasteiger charge is 2.47. The van der Waals surface area contributed by atoms with E-state index >= 15 is 0 Å². The fourth-order valence-electron chi connectivity index (χ4n) is 2.42. The molecule has 1 N–H and O–H groups in total. The van der Waals surface area contributed by atoms with Crippen molar-refractivity contribution in [2.75, 3.05) is 13.1 Å². The predicted molar refractivity (Wildman–Crippen MR) is 56.1 cm³/mol. The first-order valence-electron chi connectivity index (χ1n) is 5.53. The second kappa shape index (κ2) is 2.96. The van der Waals surface area contributed by atoms with Crippen LogP contribution in [0.3, 0.4) is 0 Å². The molecule has 0 aromatic rings. The fourth-order valence-corrected chi connectivity index (χ4v) is 2.42. The number of carbonyl (C=O) groups is 1. The van der Waals surface area contributed by atoms with E-state index in [1.165, 1.54) is 0 Å². The first kappa shape index (κ1) is 9.97. The molecule has 0 saturated carbocycles. The molecule has 0 aromatic carbocycles. The van der Waals surface area contributed by atoms with E-state index < -0.39 is 0 Å². The Labute approximate surface area is 85.8 Å². The number of nitrogens with zero attached hydrogens (tertiary/aromatic N) is 1. The molecule has 0 aromatic heterocycles. The number of hydrogen-bond acceptors (Lipinski definition) is 2. The third-order valence-corrected chi connectivity index (χ3v) is 3.76. The van der Waals surface area contributed by atoms with Crippen LogP contribution in [-0.2, 0) is 4.79 Å². The molecule has 1 amide bonds. The summed E-state index contributed by atoms with van der Waals surface area (Å²) in [5.41, 5.74) is -0.192. The van der Waals surface area contributed by atoms with Crippen molar-refractivity contribution in [1.29, 1.82) is 0 Å². The van der Waals surface area contributed by atoms with Gasteiger partial charge in [0.25, 0.3) is 0 Å². The minimum absolute atomic E-state index is 0.0877. The number of rotatable bonds is 1. The lowest BCUT2D eigenvalue weighted by atomic mass is 9.85. The Hall–Kier alpha value is -0.570. The van der Waals surface area contributed by atoms with Crippen LogP contribution in [0.5, 0.6) is 0 Å². The summed E-state index contributed by atoms with van der Waals surface area (Å²) < 4.78 is 0. The van der Waals surface area contributed by atoms with Crippen LogP contribution in [-0.4, -0.2) is 35.0 Å². The lowest BCUT2D eigenvalue weighted by molar-refractivity contribution is -0.151. The molecule has 2 fully saturated rings. The molecule has 1 unspecified atom stereocenters. The van der Waals surface area contributed by atoms with Gasteiger partial charge in [-0.3, -0.25) is 4.79 Å². The van der Waals surface area contributed by atoms with Gasteiger partial charge in [-0.15, -0.1) is 0 Å². The van der Waals surface area contributed by atoms with Crippen LogP contribution < -0.4 is 5.32 Å². The van der Waals surface area contributed by atoms with Gasteiger partial charge in [-0.05, 0) is 46.6 Å². The lowest BCUT2D eigenvalue weighted by Gasteiger charge is -2.51. The van der Waals surface area contributed by atoms with Crippen molar-refractivity contribution >= 4 is 5.91 Å². The van der Waals surface area contributed by atoms with E-state index in [1.807, 2.05) is 11.8 Å². The molecular formula is C11H20N2O. The Morgan fingerprint density at radius 3 is 2.36 bits per heavy atom. The summed E-state index contributed by atoms with van der Waals surface area (Å²) in [7, 11) is 0. The minimum Gasteiger partial charge on any atom is -0.336 e. The fraction of sp³-hybridized carbons (Fsp3) is 0.909. The molecule has 80 valence electrons. The molecule has 2 rings (SSSR count). The van der Waals surface area contributed by atoms with Crippen molar-refractivity contribution in [2.24, 2.45) is 0 Å². The zero-order chi connectivity index (χ0) is 10.4. The van der Waals surface area contributed by atoms with Gasteiger partial charge in [0.15, 0.2) is 0 Å². The van der Waals surface area contributed by atoms with E-state index in [1.54, 1.807) is 0 Å². The summed E-state index contributed by atoms with van der Waals surface area (Å²) >= 11 is 0. The summed E-state index contributed by atoms with van der Waals surface area (Å²) in [4.78, 5) is 14.2. The van der Waals surface area contributed by atoms with Crippen molar-refractivity contribution in [3.05, 3.63) is 0 Å². The normalized spacial score (nSPS) is 35.5. The molecule has 2 saturated heterocycles. The zero-order valence-electron chi connectivity index (χ0n) is 9.39. The van der Waals surface area contributed by atoms with Crippen molar-refractivity contribution in [1.82, 2.24) is 10.2 Å². The van der Waals surface area contributed by atoms with Crippen LogP contribution in [0, 0.1) is 0 Å². The molecule has 14 heavy (non-hydrogen) atoms. The summed E-state index contributed by atoms with van der Waals surface area (Å²) in [5, 5.41) is 3.33. The average molecular weight is 196 g/mol. The Kier molecular flexibility index (Phi) is 2.11. The van der Waals surface area contributed by atoms with Gasteiger partial charge in [0.1, 0.15) is 0 Å². The topological polar surface area (TPSA) is 32.3 Å². The SMILES string of the molecule is CC1(C(=O)N2CCC2(C)C)CCCN1. The molecule has 2 aliphatic heterocycles. The van der Waals surface area contributed by atoms with Crippen molar-refractivity contribution in [3.63, 3.8) is 0 Å². The van der Waals surface area contributed by atoms with Crippen LogP contribution in [0.1, 0.15) is 40.0 Å². The lowest BCUT2D eigenvalue weighted by Crippen LogP contribution is -2.65. The predicted octanol–water partition coefficient (Wildman–Crippen LogP) is 1.14.